The number of nitrogens with zero attached hydrogens (tertiary/aromatic N) is 2. The number of hydrogen-bond donors (Lipinski definition) is 2. The van der Waals surface area contributed by atoms with Crippen LogP contribution >= 0.6 is 0 Å². The smallest absolute Gasteiger partial charge is 0.148 e. The SMILES string of the molecule is Fc1ccc(Cc2nccnc2N[C@H]2CCNC[C@@H]2F)cc1. The van der Waals surface area contributed by atoms with Crippen molar-refractivity contribution in [2.75, 3.05) is 18.4 Å². The first-order chi connectivity index (χ1) is 10.7. The Labute approximate surface area is 128 Å². The molecule has 4 nitrogen and oxygen atoms in total. The van der Waals surface area contributed by atoms with Crippen molar-refractivity contribution in [1.82, 2.24) is 15.3 Å². The molecule has 3 rings (SSSR count). The number of rotatable bonds is 4. The molecule has 1 aliphatic heterocycles. The van der Waals surface area contributed by atoms with E-state index >= 15 is 0 Å². The van der Waals surface area contributed by atoms with Gasteiger partial charge in [-0.15, -0.1) is 0 Å². The molecule has 2 aromatic rings. The summed E-state index contributed by atoms with van der Waals surface area (Å²) in [5.41, 5.74) is 1.67. The molecular formula is C16H18F2N4. The lowest BCUT2D eigenvalue weighted by atomic mass is 10.0. The van der Waals surface area contributed by atoms with Gasteiger partial charge in [0.05, 0.1) is 11.7 Å². The summed E-state index contributed by atoms with van der Waals surface area (Å²) < 4.78 is 26.9. The monoisotopic (exact) mass is 304 g/mol. The van der Waals surface area contributed by atoms with Gasteiger partial charge in [0.15, 0.2) is 0 Å². The van der Waals surface area contributed by atoms with E-state index in [9.17, 15) is 8.78 Å². The second kappa shape index (κ2) is 6.79. The number of halogens is 2. The van der Waals surface area contributed by atoms with Gasteiger partial charge >= 0.3 is 0 Å². The van der Waals surface area contributed by atoms with E-state index in [1.807, 2.05) is 0 Å². The Balaban J connectivity index is 1.76. The molecule has 2 N–H and O–H groups in total. The normalized spacial score (nSPS) is 21.5. The van der Waals surface area contributed by atoms with Gasteiger partial charge in [0.2, 0.25) is 0 Å². The standard InChI is InChI=1S/C16H18F2N4/c17-12-3-1-11(2-4-12)9-15-16(21-8-7-20-15)22-14-5-6-19-10-13(14)18/h1-4,7-8,13-14,19H,5-6,9-10H2,(H,21,22)/t13-,14-/m0/s1. The lowest BCUT2D eigenvalue weighted by Crippen LogP contribution is -2.45. The molecule has 116 valence electrons. The van der Waals surface area contributed by atoms with Gasteiger partial charge < -0.3 is 10.6 Å². The summed E-state index contributed by atoms with van der Waals surface area (Å²) in [6.07, 6.45) is 3.48. The Morgan fingerprint density at radius 3 is 2.73 bits per heavy atom. The van der Waals surface area contributed by atoms with Gasteiger partial charge in [-0.2, -0.15) is 0 Å². The van der Waals surface area contributed by atoms with Crippen molar-refractivity contribution in [3.05, 3.63) is 53.7 Å². The lowest BCUT2D eigenvalue weighted by Gasteiger charge is -2.28. The van der Waals surface area contributed by atoms with Gasteiger partial charge in [-0.3, -0.25) is 4.98 Å². The molecular weight excluding hydrogens is 286 g/mol. The van der Waals surface area contributed by atoms with E-state index in [1.54, 1.807) is 24.5 Å². The zero-order valence-electron chi connectivity index (χ0n) is 12.1. The number of alkyl halides is 1. The molecule has 0 unspecified atom stereocenters. The molecule has 1 fully saturated rings. The molecule has 1 aromatic heterocycles. The van der Waals surface area contributed by atoms with Crippen LogP contribution in [0.3, 0.4) is 0 Å². The molecule has 0 saturated carbocycles. The van der Waals surface area contributed by atoms with Crippen molar-refractivity contribution in [3.8, 4) is 0 Å². The van der Waals surface area contributed by atoms with E-state index < -0.39 is 6.17 Å². The molecule has 1 saturated heterocycles. The van der Waals surface area contributed by atoms with Crippen LogP contribution in [-0.4, -0.2) is 35.3 Å². The Morgan fingerprint density at radius 2 is 1.95 bits per heavy atom. The van der Waals surface area contributed by atoms with E-state index in [2.05, 4.69) is 20.6 Å². The fraction of sp³-hybridized carbons (Fsp3) is 0.375. The Hall–Kier alpha value is -2.08. The lowest BCUT2D eigenvalue weighted by molar-refractivity contribution is 0.244. The first-order valence-corrected chi connectivity index (χ1v) is 7.38. The first-order valence-electron chi connectivity index (χ1n) is 7.38. The summed E-state index contributed by atoms with van der Waals surface area (Å²) in [4.78, 5) is 8.62. The zero-order chi connectivity index (χ0) is 15.4. The molecule has 2 atom stereocenters. The molecule has 1 aromatic carbocycles. The van der Waals surface area contributed by atoms with Gasteiger partial charge in [0.1, 0.15) is 17.8 Å². The molecule has 22 heavy (non-hydrogen) atoms. The second-order valence-electron chi connectivity index (χ2n) is 5.41. The van der Waals surface area contributed by atoms with E-state index in [4.69, 9.17) is 0 Å². The Bertz CT molecular complexity index is 618. The van der Waals surface area contributed by atoms with Crippen molar-refractivity contribution in [3.63, 3.8) is 0 Å². The summed E-state index contributed by atoms with van der Waals surface area (Å²) in [6, 6.07) is 6.02. The summed E-state index contributed by atoms with van der Waals surface area (Å²) >= 11 is 0. The fourth-order valence-electron chi connectivity index (χ4n) is 2.57. The van der Waals surface area contributed by atoms with Gasteiger partial charge in [0.25, 0.3) is 0 Å². The number of piperidine rings is 1. The first kappa shape index (κ1) is 14.8. The maximum Gasteiger partial charge on any atom is 0.148 e. The zero-order valence-corrected chi connectivity index (χ0v) is 12.1. The Kier molecular flexibility index (Phi) is 4.58. The molecule has 0 radical (unpaired) electrons. The number of anilines is 1. The van der Waals surface area contributed by atoms with E-state index in [-0.39, 0.29) is 11.9 Å². The van der Waals surface area contributed by atoms with Crippen molar-refractivity contribution >= 4 is 5.82 Å². The molecule has 0 bridgehead atoms. The Morgan fingerprint density at radius 1 is 1.18 bits per heavy atom. The van der Waals surface area contributed by atoms with Crippen molar-refractivity contribution in [2.45, 2.75) is 25.1 Å². The van der Waals surface area contributed by atoms with Gasteiger partial charge in [-0.25, -0.2) is 13.8 Å². The average molecular weight is 304 g/mol. The van der Waals surface area contributed by atoms with Crippen LogP contribution in [0.1, 0.15) is 17.7 Å². The molecule has 0 amide bonds. The van der Waals surface area contributed by atoms with E-state index in [1.165, 1.54) is 12.1 Å². The van der Waals surface area contributed by atoms with Crippen LogP contribution in [0.4, 0.5) is 14.6 Å². The van der Waals surface area contributed by atoms with Gasteiger partial charge in [-0.1, -0.05) is 12.1 Å². The van der Waals surface area contributed by atoms with Crippen molar-refractivity contribution in [1.29, 1.82) is 0 Å². The van der Waals surface area contributed by atoms with Crippen LogP contribution in [0.2, 0.25) is 0 Å². The van der Waals surface area contributed by atoms with E-state index in [0.717, 1.165) is 17.8 Å². The van der Waals surface area contributed by atoms with Gasteiger partial charge in [0, 0.05) is 25.4 Å². The van der Waals surface area contributed by atoms with Crippen LogP contribution in [0, 0.1) is 5.82 Å². The highest BCUT2D eigenvalue weighted by Gasteiger charge is 2.25. The largest absolute Gasteiger partial charge is 0.363 e. The third-order valence-corrected chi connectivity index (χ3v) is 3.79. The summed E-state index contributed by atoms with van der Waals surface area (Å²) in [5.74, 6) is 0.331. The highest BCUT2D eigenvalue weighted by Crippen LogP contribution is 2.19. The minimum absolute atomic E-state index is 0.259. The molecule has 2 heterocycles. The number of aromatic nitrogens is 2. The maximum atomic E-state index is 13.9. The van der Waals surface area contributed by atoms with Crippen LogP contribution in [0.25, 0.3) is 0 Å². The van der Waals surface area contributed by atoms with Crippen LogP contribution in [0.15, 0.2) is 36.7 Å². The highest BCUT2D eigenvalue weighted by molar-refractivity contribution is 5.43. The summed E-state index contributed by atoms with van der Waals surface area (Å²) in [6.45, 7) is 1.14. The molecule has 6 heteroatoms. The molecule has 0 spiro atoms. The molecule has 0 aliphatic carbocycles. The second-order valence-corrected chi connectivity index (χ2v) is 5.41. The number of hydrogen-bond acceptors (Lipinski definition) is 4. The summed E-state index contributed by atoms with van der Waals surface area (Å²) in [7, 11) is 0. The average Bonchev–Trinajstić information content (AvgIpc) is 2.53. The topological polar surface area (TPSA) is 49.8 Å². The van der Waals surface area contributed by atoms with Crippen LogP contribution in [0.5, 0.6) is 0 Å². The predicted octanol–water partition coefficient (Wildman–Crippen LogP) is 2.32. The maximum absolute atomic E-state index is 13.9. The quantitative estimate of drug-likeness (QED) is 0.910. The molecule has 1 aliphatic rings. The number of benzene rings is 1. The number of nitrogens with one attached hydrogen (secondary N) is 2. The van der Waals surface area contributed by atoms with Crippen molar-refractivity contribution < 1.29 is 8.78 Å². The highest BCUT2D eigenvalue weighted by atomic mass is 19.1. The summed E-state index contributed by atoms with van der Waals surface area (Å²) in [5, 5.41) is 6.19. The predicted molar refractivity (Wildman–Crippen MR) is 81.0 cm³/mol. The minimum Gasteiger partial charge on any atom is -0.363 e. The third kappa shape index (κ3) is 3.57. The van der Waals surface area contributed by atoms with Gasteiger partial charge in [-0.05, 0) is 30.7 Å². The van der Waals surface area contributed by atoms with Crippen molar-refractivity contribution in [2.24, 2.45) is 0 Å². The van der Waals surface area contributed by atoms with Crippen LogP contribution in [-0.2, 0) is 6.42 Å². The fourth-order valence-corrected chi connectivity index (χ4v) is 2.57. The third-order valence-electron chi connectivity index (χ3n) is 3.79. The van der Waals surface area contributed by atoms with E-state index in [0.29, 0.717) is 25.2 Å². The van der Waals surface area contributed by atoms with Crippen LogP contribution < -0.4 is 10.6 Å². The minimum atomic E-state index is -0.950.